The van der Waals surface area contributed by atoms with Gasteiger partial charge in [0.15, 0.2) is 0 Å². The minimum atomic E-state index is -0.619. The van der Waals surface area contributed by atoms with Crippen LogP contribution in [0.1, 0.15) is 40.0 Å². The Morgan fingerprint density at radius 1 is 1.52 bits per heavy atom. The molecule has 1 fully saturated rings. The quantitative estimate of drug-likeness (QED) is 0.483. The van der Waals surface area contributed by atoms with Crippen molar-refractivity contribution < 1.29 is 24.2 Å². The summed E-state index contributed by atoms with van der Waals surface area (Å²) in [5.41, 5.74) is 2.67. The molecule has 0 aromatic heterocycles. The summed E-state index contributed by atoms with van der Waals surface area (Å²) in [5, 5.41) is 9.65. The second-order valence-corrected chi connectivity index (χ2v) is 6.61. The van der Waals surface area contributed by atoms with Crippen LogP contribution in [0.5, 0.6) is 0 Å². The molecule has 2 rings (SSSR count). The van der Waals surface area contributed by atoms with Gasteiger partial charge >= 0.3 is 11.9 Å². The highest BCUT2D eigenvalue weighted by atomic mass is 16.6. The first-order valence-electron chi connectivity index (χ1n) is 8.57. The molecule has 1 aliphatic carbocycles. The zero-order chi connectivity index (χ0) is 18.6. The Balaban J connectivity index is 2.41. The molecule has 5 nitrogen and oxygen atoms in total. The van der Waals surface area contributed by atoms with E-state index < -0.39 is 30.1 Å². The molecule has 0 saturated carbocycles. The van der Waals surface area contributed by atoms with Crippen LogP contribution in [-0.2, 0) is 19.1 Å². The van der Waals surface area contributed by atoms with Crippen LogP contribution in [0.2, 0.25) is 0 Å². The third-order valence-corrected chi connectivity index (χ3v) is 4.76. The first-order valence-corrected chi connectivity index (χ1v) is 8.57. The van der Waals surface area contributed by atoms with Gasteiger partial charge in [-0.05, 0) is 45.3 Å². The number of ether oxygens (including phenoxy) is 2. The predicted octanol–water partition coefficient (Wildman–Crippen LogP) is 3.01. The van der Waals surface area contributed by atoms with E-state index in [9.17, 15) is 14.7 Å². The molecule has 0 unspecified atom stereocenters. The Morgan fingerprint density at radius 2 is 2.24 bits per heavy atom. The summed E-state index contributed by atoms with van der Waals surface area (Å²) in [4.78, 5) is 24.3. The highest BCUT2D eigenvalue weighted by molar-refractivity contribution is 5.92. The Kier molecular flexibility index (Phi) is 6.37. The molecule has 0 aromatic rings. The maximum absolute atomic E-state index is 12.3. The normalized spacial score (nSPS) is 32.0. The van der Waals surface area contributed by atoms with E-state index in [2.05, 4.69) is 6.58 Å². The Morgan fingerprint density at radius 3 is 2.88 bits per heavy atom. The molecule has 25 heavy (non-hydrogen) atoms. The molecule has 3 atom stereocenters. The van der Waals surface area contributed by atoms with Crippen molar-refractivity contribution in [2.24, 2.45) is 5.92 Å². The maximum Gasteiger partial charge on any atom is 0.334 e. The molecule has 1 aliphatic heterocycles. The molecule has 1 heterocycles. The minimum absolute atomic E-state index is 0.113. The fraction of sp³-hybridized carbons (Fsp3) is 0.500. The number of allylic oxidation sites excluding steroid dienone is 3. The number of hydrogen-bond donors (Lipinski definition) is 1. The summed E-state index contributed by atoms with van der Waals surface area (Å²) < 4.78 is 11.1. The number of aliphatic hydroxyl groups excluding tert-OH is 1. The summed E-state index contributed by atoms with van der Waals surface area (Å²) in [6.45, 7) is 9.16. The third kappa shape index (κ3) is 4.48. The van der Waals surface area contributed by atoms with Crippen LogP contribution >= 0.6 is 0 Å². The molecule has 1 N–H and O–H groups in total. The van der Waals surface area contributed by atoms with Crippen LogP contribution in [0.15, 0.2) is 47.1 Å². The molecule has 1 saturated heterocycles. The first kappa shape index (κ1) is 19.2. The molecule has 0 radical (unpaired) electrons. The lowest BCUT2D eigenvalue weighted by Gasteiger charge is -2.27. The fourth-order valence-corrected chi connectivity index (χ4v) is 3.11. The second kappa shape index (κ2) is 8.30. The van der Waals surface area contributed by atoms with Crippen molar-refractivity contribution in [1.29, 1.82) is 0 Å². The number of carbonyl (C=O) groups excluding carboxylic acids is 2. The van der Waals surface area contributed by atoms with E-state index in [1.807, 2.05) is 19.1 Å². The zero-order valence-electron chi connectivity index (χ0n) is 15.1. The zero-order valence-corrected chi connectivity index (χ0v) is 15.1. The topological polar surface area (TPSA) is 72.8 Å². The fourth-order valence-electron chi connectivity index (χ4n) is 3.11. The minimum Gasteiger partial charge on any atom is -0.458 e. The Hall–Kier alpha value is -2.14. The van der Waals surface area contributed by atoms with Gasteiger partial charge in [-0.25, -0.2) is 9.59 Å². The summed E-state index contributed by atoms with van der Waals surface area (Å²) in [6, 6.07) is 0. The van der Waals surface area contributed by atoms with Gasteiger partial charge in [0.1, 0.15) is 12.2 Å². The van der Waals surface area contributed by atoms with Crippen LogP contribution in [-0.4, -0.2) is 35.9 Å². The van der Waals surface area contributed by atoms with Crippen molar-refractivity contribution >= 4 is 11.9 Å². The van der Waals surface area contributed by atoms with Crippen molar-refractivity contribution in [1.82, 2.24) is 0 Å². The van der Waals surface area contributed by atoms with Crippen molar-refractivity contribution in [2.75, 3.05) is 6.61 Å². The van der Waals surface area contributed by atoms with Crippen LogP contribution in [0.3, 0.4) is 0 Å². The number of fused-ring (bicyclic) bond motifs is 1. The van der Waals surface area contributed by atoms with Crippen LogP contribution < -0.4 is 0 Å². The van der Waals surface area contributed by atoms with Gasteiger partial charge in [-0.2, -0.15) is 0 Å². The Bertz CT molecular complexity index is 651. The van der Waals surface area contributed by atoms with Gasteiger partial charge < -0.3 is 14.6 Å². The molecule has 0 bridgehead atoms. The summed E-state index contributed by atoms with van der Waals surface area (Å²) in [7, 11) is 0. The molecular formula is C20H26O5. The summed E-state index contributed by atoms with van der Waals surface area (Å²) >= 11 is 0. The van der Waals surface area contributed by atoms with E-state index >= 15 is 0 Å². The molecule has 0 spiro atoms. The molecule has 0 aromatic carbocycles. The van der Waals surface area contributed by atoms with Gasteiger partial charge in [-0.15, -0.1) is 0 Å². The lowest BCUT2D eigenvalue weighted by Crippen LogP contribution is -2.34. The predicted molar refractivity (Wildman–Crippen MR) is 94.6 cm³/mol. The van der Waals surface area contributed by atoms with Crippen molar-refractivity contribution in [3.05, 3.63) is 47.1 Å². The number of rotatable bonds is 3. The van der Waals surface area contributed by atoms with Crippen LogP contribution in [0.4, 0.5) is 0 Å². The first-order chi connectivity index (χ1) is 11.9. The summed E-state index contributed by atoms with van der Waals surface area (Å²) in [5.74, 6) is -1.35. The van der Waals surface area contributed by atoms with E-state index in [-0.39, 0.29) is 6.61 Å². The van der Waals surface area contributed by atoms with E-state index in [4.69, 9.17) is 9.47 Å². The highest BCUT2D eigenvalue weighted by Gasteiger charge is 2.44. The highest BCUT2D eigenvalue weighted by Crippen LogP contribution is 2.36. The monoisotopic (exact) mass is 346 g/mol. The number of aliphatic hydroxyl groups is 1. The van der Waals surface area contributed by atoms with Gasteiger partial charge in [0, 0.05) is 17.6 Å². The molecule has 0 amide bonds. The van der Waals surface area contributed by atoms with E-state index in [0.29, 0.717) is 17.6 Å². The van der Waals surface area contributed by atoms with E-state index in [1.54, 1.807) is 19.9 Å². The van der Waals surface area contributed by atoms with Gasteiger partial charge in [0.25, 0.3) is 0 Å². The van der Waals surface area contributed by atoms with Gasteiger partial charge in [-0.1, -0.05) is 24.3 Å². The average molecular weight is 346 g/mol. The van der Waals surface area contributed by atoms with E-state index in [0.717, 1.165) is 24.0 Å². The van der Waals surface area contributed by atoms with Crippen LogP contribution in [0, 0.1) is 5.92 Å². The van der Waals surface area contributed by atoms with Gasteiger partial charge in [0.2, 0.25) is 0 Å². The smallest absolute Gasteiger partial charge is 0.334 e. The molecule has 136 valence electrons. The maximum atomic E-state index is 12.3. The van der Waals surface area contributed by atoms with Crippen molar-refractivity contribution in [2.45, 2.75) is 52.2 Å². The standard InChI is InChI=1S/C20H26O5/c1-5-13(3)19(22)24-17-10-15(11-21)8-6-7-12(2)9-16-18(17)14(4)20(23)25-16/h5,8-9,16-18,21H,4,6-7,10-11H2,1-3H3/b12-9+,13-5+,15-8-/t16-,17-,18+/m1/s1. The van der Waals surface area contributed by atoms with Crippen LogP contribution in [0.25, 0.3) is 0 Å². The lowest BCUT2D eigenvalue weighted by molar-refractivity contribution is -0.147. The van der Waals surface area contributed by atoms with E-state index in [1.165, 1.54) is 0 Å². The largest absolute Gasteiger partial charge is 0.458 e. The van der Waals surface area contributed by atoms with Gasteiger partial charge in [-0.3, -0.25) is 0 Å². The van der Waals surface area contributed by atoms with Crippen molar-refractivity contribution in [3.8, 4) is 0 Å². The number of carbonyl (C=O) groups is 2. The molecular weight excluding hydrogens is 320 g/mol. The molecule has 5 heteroatoms. The second-order valence-electron chi connectivity index (χ2n) is 6.61. The molecule has 2 aliphatic rings. The SMILES string of the molecule is C=C1C(=O)O[C@@H]2/C=C(\C)CC/C=C(\CO)C[C@@H](OC(=O)/C(C)=C/C)[C@@H]12. The van der Waals surface area contributed by atoms with Gasteiger partial charge in [0.05, 0.1) is 12.5 Å². The lowest BCUT2D eigenvalue weighted by atomic mass is 9.85. The van der Waals surface area contributed by atoms with Crippen molar-refractivity contribution in [3.63, 3.8) is 0 Å². The summed E-state index contributed by atoms with van der Waals surface area (Å²) in [6.07, 6.45) is 6.40. The third-order valence-electron chi connectivity index (χ3n) is 4.76. The number of esters is 2. The number of hydrogen-bond acceptors (Lipinski definition) is 5. The Labute approximate surface area is 148 Å². The average Bonchev–Trinajstić information content (AvgIpc) is 2.85.